The van der Waals surface area contributed by atoms with Gasteiger partial charge in [0.05, 0.1) is 6.10 Å². The Morgan fingerprint density at radius 2 is 1.09 bits per heavy atom. The van der Waals surface area contributed by atoms with Gasteiger partial charge >= 0.3 is 0 Å². The number of hydrogen-bond donors (Lipinski definition) is 0. The SMILES string of the molecule is CC.CC=O.CCC.CCC.CCC.CCCCC(CC)OC. The fraction of sp³-hybridized carbons (Fsp3) is 0.952. The maximum absolute atomic E-state index is 8.81. The smallest absolute Gasteiger partial charge is 0.116 e. The molecule has 1 atom stereocenters. The molecule has 148 valence electrons. The molecule has 0 aromatic heterocycles. The van der Waals surface area contributed by atoms with Crippen LogP contribution in [0.1, 0.15) is 121 Å². The van der Waals surface area contributed by atoms with E-state index < -0.39 is 0 Å². The molecule has 0 fully saturated rings. The van der Waals surface area contributed by atoms with Gasteiger partial charge < -0.3 is 9.53 Å². The van der Waals surface area contributed by atoms with E-state index in [-0.39, 0.29) is 0 Å². The molecular weight excluding hydrogens is 284 g/mol. The van der Waals surface area contributed by atoms with Gasteiger partial charge in [0.25, 0.3) is 0 Å². The molecular formula is C21H52O2. The molecule has 0 aromatic carbocycles. The first-order chi connectivity index (χ1) is 11.0. The van der Waals surface area contributed by atoms with Crippen LogP contribution in [-0.2, 0) is 9.53 Å². The lowest BCUT2D eigenvalue weighted by molar-refractivity contribution is -0.106. The summed E-state index contributed by atoms with van der Waals surface area (Å²) in [5.74, 6) is 0. The van der Waals surface area contributed by atoms with Gasteiger partial charge in [0, 0.05) is 7.11 Å². The van der Waals surface area contributed by atoms with Crippen LogP contribution >= 0.6 is 0 Å². The Morgan fingerprint density at radius 3 is 1.22 bits per heavy atom. The van der Waals surface area contributed by atoms with Crippen molar-refractivity contribution in [2.75, 3.05) is 7.11 Å². The summed E-state index contributed by atoms with van der Waals surface area (Å²) in [5, 5.41) is 0. The van der Waals surface area contributed by atoms with E-state index in [4.69, 9.17) is 9.53 Å². The largest absolute Gasteiger partial charge is 0.381 e. The molecule has 0 saturated carbocycles. The van der Waals surface area contributed by atoms with E-state index >= 15 is 0 Å². The molecule has 0 rings (SSSR count). The van der Waals surface area contributed by atoms with E-state index in [1.165, 1.54) is 45.4 Å². The summed E-state index contributed by atoms with van der Waals surface area (Å²) in [5.41, 5.74) is 0. The van der Waals surface area contributed by atoms with Crippen molar-refractivity contribution in [2.45, 2.75) is 127 Å². The van der Waals surface area contributed by atoms with E-state index in [9.17, 15) is 0 Å². The van der Waals surface area contributed by atoms with Crippen molar-refractivity contribution in [3.63, 3.8) is 0 Å². The predicted octanol–water partition coefficient (Wildman–Crippen LogP) is 8.08. The standard InChI is InChI=1S/C8H18O.3C3H8.C2H4O.C2H6/c1-4-6-7-8(5-2)9-3;3*1-3-2;1-2-3;1-2/h8H,4-7H2,1-3H3;3*3H2,1-2H3;2H,1H3;1-2H3. The van der Waals surface area contributed by atoms with Gasteiger partial charge in [-0.2, -0.15) is 0 Å². The molecule has 0 spiro atoms. The highest BCUT2D eigenvalue weighted by molar-refractivity contribution is 5.44. The number of ether oxygens (including phenoxy) is 1. The van der Waals surface area contributed by atoms with Crippen LogP contribution in [0.5, 0.6) is 0 Å². The number of methoxy groups -OCH3 is 1. The quantitative estimate of drug-likeness (QED) is 0.474. The van der Waals surface area contributed by atoms with Gasteiger partial charge in [-0.05, 0) is 19.8 Å². The molecule has 0 aliphatic rings. The summed E-state index contributed by atoms with van der Waals surface area (Å²) in [4.78, 5) is 8.81. The van der Waals surface area contributed by atoms with Crippen LogP contribution in [0, 0.1) is 0 Å². The summed E-state index contributed by atoms with van der Waals surface area (Å²) in [6.07, 6.45) is 9.96. The molecule has 0 N–H and O–H groups in total. The minimum Gasteiger partial charge on any atom is -0.381 e. The molecule has 0 aliphatic carbocycles. The fourth-order valence-electron chi connectivity index (χ4n) is 0.920. The second kappa shape index (κ2) is 68.1. The molecule has 0 aliphatic heterocycles. The van der Waals surface area contributed by atoms with E-state index in [2.05, 4.69) is 55.4 Å². The third-order valence-corrected chi connectivity index (χ3v) is 1.67. The third-order valence-electron chi connectivity index (χ3n) is 1.67. The highest BCUT2D eigenvalue weighted by Crippen LogP contribution is 2.06. The maximum atomic E-state index is 8.81. The van der Waals surface area contributed by atoms with Crippen molar-refractivity contribution >= 4 is 6.29 Å². The van der Waals surface area contributed by atoms with Crippen molar-refractivity contribution in [1.82, 2.24) is 0 Å². The Labute approximate surface area is 150 Å². The third kappa shape index (κ3) is 143. The van der Waals surface area contributed by atoms with E-state index in [0.29, 0.717) is 6.10 Å². The van der Waals surface area contributed by atoms with Gasteiger partial charge in [0.15, 0.2) is 0 Å². The van der Waals surface area contributed by atoms with Gasteiger partial charge in [0.2, 0.25) is 0 Å². The van der Waals surface area contributed by atoms with Gasteiger partial charge in [-0.1, -0.05) is 101 Å². The molecule has 0 heterocycles. The second-order valence-corrected chi connectivity index (χ2v) is 4.77. The summed E-state index contributed by atoms with van der Waals surface area (Å²) < 4.78 is 5.20. The highest BCUT2D eigenvalue weighted by Gasteiger charge is 2.00. The Kier molecular flexibility index (Phi) is 113. The Hall–Kier alpha value is -0.370. The van der Waals surface area contributed by atoms with Gasteiger partial charge in [-0.3, -0.25) is 0 Å². The molecule has 2 nitrogen and oxygen atoms in total. The van der Waals surface area contributed by atoms with Crippen LogP contribution in [-0.4, -0.2) is 19.5 Å². The van der Waals surface area contributed by atoms with E-state index in [0.717, 1.165) is 12.7 Å². The molecule has 0 bridgehead atoms. The monoisotopic (exact) mass is 336 g/mol. The molecule has 2 heteroatoms. The summed E-state index contributed by atoms with van der Waals surface area (Å²) >= 11 is 0. The van der Waals surface area contributed by atoms with E-state index in [1.807, 2.05) is 13.8 Å². The molecule has 23 heavy (non-hydrogen) atoms. The summed E-state index contributed by atoms with van der Waals surface area (Å²) in [6, 6.07) is 0. The van der Waals surface area contributed by atoms with Crippen molar-refractivity contribution in [3.05, 3.63) is 0 Å². The topological polar surface area (TPSA) is 26.3 Å². The molecule has 0 saturated heterocycles. The summed E-state index contributed by atoms with van der Waals surface area (Å²) in [6.45, 7) is 22.6. The van der Waals surface area contributed by atoms with Crippen molar-refractivity contribution in [2.24, 2.45) is 0 Å². The number of unbranched alkanes of at least 4 members (excludes halogenated alkanes) is 1. The number of hydrogen-bond acceptors (Lipinski definition) is 2. The minimum atomic E-state index is 0.505. The average molecular weight is 337 g/mol. The van der Waals surface area contributed by atoms with Gasteiger partial charge in [-0.15, -0.1) is 0 Å². The van der Waals surface area contributed by atoms with Crippen LogP contribution in [0.3, 0.4) is 0 Å². The van der Waals surface area contributed by atoms with Crippen molar-refractivity contribution in [3.8, 4) is 0 Å². The zero-order chi connectivity index (χ0) is 19.9. The molecule has 0 radical (unpaired) electrons. The maximum Gasteiger partial charge on any atom is 0.116 e. The first kappa shape index (κ1) is 38.3. The van der Waals surface area contributed by atoms with Crippen LogP contribution in [0.25, 0.3) is 0 Å². The normalized spacial score (nSPS) is 8.52. The predicted molar refractivity (Wildman–Crippen MR) is 112 cm³/mol. The van der Waals surface area contributed by atoms with Gasteiger partial charge in [-0.25, -0.2) is 0 Å². The molecule has 1 unspecified atom stereocenters. The number of aldehydes is 1. The lowest BCUT2D eigenvalue weighted by atomic mass is 10.1. The second-order valence-electron chi connectivity index (χ2n) is 4.77. The first-order valence-corrected chi connectivity index (χ1v) is 9.93. The van der Waals surface area contributed by atoms with Gasteiger partial charge in [0.1, 0.15) is 6.29 Å². The lowest BCUT2D eigenvalue weighted by Crippen LogP contribution is -2.07. The zero-order valence-electron chi connectivity index (χ0n) is 18.9. The molecule has 0 aromatic rings. The molecule has 0 amide bonds. The van der Waals surface area contributed by atoms with Crippen LogP contribution in [0.4, 0.5) is 0 Å². The fourth-order valence-corrected chi connectivity index (χ4v) is 0.920. The van der Waals surface area contributed by atoms with Crippen molar-refractivity contribution < 1.29 is 9.53 Å². The Balaban J connectivity index is -0.0000000433. The van der Waals surface area contributed by atoms with Crippen LogP contribution in [0.2, 0.25) is 0 Å². The Morgan fingerprint density at radius 1 is 0.826 bits per heavy atom. The number of carbonyl (C=O) groups excluding carboxylic acids is 1. The zero-order valence-corrected chi connectivity index (χ0v) is 18.9. The average Bonchev–Trinajstić information content (AvgIpc) is 2.53. The van der Waals surface area contributed by atoms with Crippen LogP contribution in [0.15, 0.2) is 0 Å². The minimum absolute atomic E-state index is 0.505. The van der Waals surface area contributed by atoms with Crippen molar-refractivity contribution in [1.29, 1.82) is 0 Å². The van der Waals surface area contributed by atoms with E-state index in [1.54, 1.807) is 7.11 Å². The number of carbonyl (C=O) groups is 1. The number of rotatable bonds is 5. The highest BCUT2D eigenvalue weighted by atomic mass is 16.5. The Bertz CT molecular complexity index is 106. The van der Waals surface area contributed by atoms with Crippen LogP contribution < -0.4 is 0 Å². The first-order valence-electron chi connectivity index (χ1n) is 9.93. The summed E-state index contributed by atoms with van der Waals surface area (Å²) in [7, 11) is 1.80. The lowest BCUT2D eigenvalue weighted by Gasteiger charge is -2.10.